The van der Waals surface area contributed by atoms with Gasteiger partial charge in [-0.1, -0.05) is 6.92 Å². The molecule has 2 unspecified atom stereocenters. The number of hydrogen-bond donors (Lipinski definition) is 3. The molecule has 1 heterocycles. The highest BCUT2D eigenvalue weighted by atomic mass is 16.6. The van der Waals surface area contributed by atoms with Crippen molar-refractivity contribution in [1.82, 2.24) is 0 Å². The molecule has 1 aliphatic rings. The van der Waals surface area contributed by atoms with Gasteiger partial charge in [0.1, 0.15) is 6.10 Å². The normalized spacial score (nSPS) is 45.8. The maximum atomic E-state index is 9.16. The summed E-state index contributed by atoms with van der Waals surface area (Å²) in [5.41, 5.74) is 0. The molecule has 0 aliphatic carbocycles. The molecule has 0 aromatic carbocycles. The van der Waals surface area contributed by atoms with Crippen molar-refractivity contribution in [3.63, 3.8) is 0 Å². The summed E-state index contributed by atoms with van der Waals surface area (Å²) in [6, 6.07) is 0. The summed E-state index contributed by atoms with van der Waals surface area (Å²) in [4.78, 5) is 0. The van der Waals surface area contributed by atoms with Crippen LogP contribution < -0.4 is 0 Å². The smallest absolute Gasteiger partial charge is 0.183 e. The van der Waals surface area contributed by atoms with Crippen LogP contribution in [0, 0.1) is 0 Å². The molecule has 66 valence electrons. The molecule has 1 fully saturated rings. The molecule has 0 aromatic rings. The van der Waals surface area contributed by atoms with Crippen molar-refractivity contribution >= 4 is 0 Å². The van der Waals surface area contributed by atoms with E-state index < -0.39 is 18.5 Å². The maximum Gasteiger partial charge on any atom is 0.183 e. The third-order valence-electron chi connectivity index (χ3n) is 1.98. The van der Waals surface area contributed by atoms with Crippen LogP contribution in [0.1, 0.15) is 19.8 Å². The second-order valence-electron chi connectivity index (χ2n) is 2.85. The molecule has 4 nitrogen and oxygen atoms in total. The Morgan fingerprint density at radius 2 is 2.00 bits per heavy atom. The Bertz CT molecular complexity index is 116. The number of aliphatic hydroxyl groups excluding tert-OH is 3. The second kappa shape index (κ2) is 3.49. The van der Waals surface area contributed by atoms with E-state index in [1.54, 1.807) is 0 Å². The molecular formula is C7H14O4. The largest absolute Gasteiger partial charge is 0.390 e. The van der Waals surface area contributed by atoms with Gasteiger partial charge in [0, 0.05) is 6.42 Å². The van der Waals surface area contributed by atoms with Crippen LogP contribution in [0.15, 0.2) is 0 Å². The molecule has 0 bridgehead atoms. The van der Waals surface area contributed by atoms with Crippen molar-refractivity contribution < 1.29 is 20.1 Å². The van der Waals surface area contributed by atoms with Crippen LogP contribution in [0.3, 0.4) is 0 Å². The van der Waals surface area contributed by atoms with E-state index in [1.165, 1.54) is 0 Å². The first-order chi connectivity index (χ1) is 5.15. The average molecular weight is 162 g/mol. The first-order valence-electron chi connectivity index (χ1n) is 3.84. The zero-order chi connectivity index (χ0) is 8.43. The van der Waals surface area contributed by atoms with Gasteiger partial charge >= 0.3 is 0 Å². The Balaban J connectivity index is 2.47. The molecule has 1 rings (SSSR count). The minimum atomic E-state index is -1.23. The lowest BCUT2D eigenvalue weighted by atomic mass is 10.0. The highest BCUT2D eigenvalue weighted by Gasteiger charge is 2.34. The Hall–Kier alpha value is -0.160. The summed E-state index contributed by atoms with van der Waals surface area (Å²) in [7, 11) is 0. The summed E-state index contributed by atoms with van der Waals surface area (Å²) in [6.45, 7) is 1.90. The standard InChI is InChI=1S/C7H14O4/c1-2-4-3-5(8)6(9)7(10)11-4/h4-10H,2-3H2,1H3/t4?,5-,6-,7?/m0/s1. The van der Waals surface area contributed by atoms with Gasteiger partial charge in [0.25, 0.3) is 0 Å². The Kier molecular flexibility index (Phi) is 2.84. The van der Waals surface area contributed by atoms with E-state index in [0.717, 1.165) is 6.42 Å². The van der Waals surface area contributed by atoms with Crippen molar-refractivity contribution in [2.45, 2.75) is 44.4 Å². The molecule has 3 N–H and O–H groups in total. The maximum absolute atomic E-state index is 9.16. The third-order valence-corrected chi connectivity index (χ3v) is 1.98. The van der Waals surface area contributed by atoms with Crippen LogP contribution in [-0.4, -0.2) is 39.9 Å². The van der Waals surface area contributed by atoms with Crippen molar-refractivity contribution in [3.05, 3.63) is 0 Å². The van der Waals surface area contributed by atoms with E-state index in [2.05, 4.69) is 0 Å². The van der Waals surface area contributed by atoms with Crippen LogP contribution in [0.25, 0.3) is 0 Å². The summed E-state index contributed by atoms with van der Waals surface area (Å²) in [5, 5.41) is 27.2. The molecule has 1 aliphatic heterocycles. The predicted molar refractivity (Wildman–Crippen MR) is 37.8 cm³/mol. The van der Waals surface area contributed by atoms with Gasteiger partial charge in [0.15, 0.2) is 6.29 Å². The van der Waals surface area contributed by atoms with E-state index in [0.29, 0.717) is 6.42 Å². The van der Waals surface area contributed by atoms with Gasteiger partial charge in [0.05, 0.1) is 12.2 Å². The van der Waals surface area contributed by atoms with Gasteiger partial charge in [-0.25, -0.2) is 0 Å². The lowest BCUT2D eigenvalue weighted by molar-refractivity contribution is -0.246. The summed E-state index contributed by atoms with van der Waals surface area (Å²) in [6.07, 6.45) is -2.25. The summed E-state index contributed by atoms with van der Waals surface area (Å²) in [5.74, 6) is 0. The molecule has 0 amide bonds. The van der Waals surface area contributed by atoms with Crippen LogP contribution in [0.4, 0.5) is 0 Å². The Morgan fingerprint density at radius 1 is 1.36 bits per heavy atom. The van der Waals surface area contributed by atoms with E-state index in [-0.39, 0.29) is 6.10 Å². The topological polar surface area (TPSA) is 69.9 Å². The van der Waals surface area contributed by atoms with Crippen LogP contribution in [0.2, 0.25) is 0 Å². The Labute approximate surface area is 65.4 Å². The molecule has 0 saturated carbocycles. The molecule has 0 spiro atoms. The van der Waals surface area contributed by atoms with Gasteiger partial charge in [-0.2, -0.15) is 0 Å². The fourth-order valence-electron chi connectivity index (χ4n) is 1.19. The van der Waals surface area contributed by atoms with Crippen molar-refractivity contribution in [2.75, 3.05) is 0 Å². The fourth-order valence-corrected chi connectivity index (χ4v) is 1.19. The van der Waals surface area contributed by atoms with Crippen LogP contribution in [0.5, 0.6) is 0 Å². The van der Waals surface area contributed by atoms with Crippen LogP contribution >= 0.6 is 0 Å². The number of ether oxygens (including phenoxy) is 1. The monoisotopic (exact) mass is 162 g/mol. The van der Waals surface area contributed by atoms with Crippen molar-refractivity contribution in [2.24, 2.45) is 0 Å². The molecule has 0 aromatic heterocycles. The van der Waals surface area contributed by atoms with Gasteiger partial charge in [-0.15, -0.1) is 0 Å². The molecular weight excluding hydrogens is 148 g/mol. The molecule has 1 saturated heterocycles. The van der Waals surface area contributed by atoms with Gasteiger partial charge in [-0.3, -0.25) is 0 Å². The lowest BCUT2D eigenvalue weighted by Gasteiger charge is -2.33. The van der Waals surface area contributed by atoms with Crippen molar-refractivity contribution in [3.8, 4) is 0 Å². The zero-order valence-corrected chi connectivity index (χ0v) is 6.47. The summed E-state index contributed by atoms with van der Waals surface area (Å²) >= 11 is 0. The minimum Gasteiger partial charge on any atom is -0.390 e. The van der Waals surface area contributed by atoms with Crippen molar-refractivity contribution in [1.29, 1.82) is 0 Å². The van der Waals surface area contributed by atoms with Gasteiger partial charge in [-0.05, 0) is 6.42 Å². The Morgan fingerprint density at radius 3 is 2.45 bits per heavy atom. The molecule has 11 heavy (non-hydrogen) atoms. The lowest BCUT2D eigenvalue weighted by Crippen LogP contribution is -2.47. The van der Waals surface area contributed by atoms with E-state index >= 15 is 0 Å². The number of hydrogen-bond acceptors (Lipinski definition) is 4. The number of rotatable bonds is 1. The molecule has 4 atom stereocenters. The van der Waals surface area contributed by atoms with Gasteiger partial charge in [0.2, 0.25) is 0 Å². The first-order valence-corrected chi connectivity index (χ1v) is 3.84. The fraction of sp³-hybridized carbons (Fsp3) is 1.00. The van der Waals surface area contributed by atoms with Crippen LogP contribution in [-0.2, 0) is 4.74 Å². The summed E-state index contributed by atoms with van der Waals surface area (Å²) < 4.78 is 4.96. The average Bonchev–Trinajstić information content (AvgIpc) is 1.99. The SMILES string of the molecule is CCC1C[C@H](O)[C@H](O)C(O)O1. The molecule has 4 heteroatoms. The highest BCUT2D eigenvalue weighted by Crippen LogP contribution is 2.20. The van der Waals surface area contributed by atoms with E-state index in [1.807, 2.05) is 6.92 Å². The second-order valence-corrected chi connectivity index (χ2v) is 2.85. The first kappa shape index (κ1) is 8.93. The quantitative estimate of drug-likeness (QED) is 0.473. The van der Waals surface area contributed by atoms with Gasteiger partial charge < -0.3 is 20.1 Å². The highest BCUT2D eigenvalue weighted by molar-refractivity contribution is 4.79. The minimum absolute atomic E-state index is 0.136. The van der Waals surface area contributed by atoms with E-state index in [4.69, 9.17) is 20.1 Å². The predicted octanol–water partition coefficient (Wildman–Crippen LogP) is -0.775. The number of aliphatic hydroxyl groups is 3. The molecule has 0 radical (unpaired) electrons. The third kappa shape index (κ3) is 1.90. The van der Waals surface area contributed by atoms with E-state index in [9.17, 15) is 0 Å². The zero-order valence-electron chi connectivity index (χ0n) is 6.47.